The highest BCUT2D eigenvalue weighted by Crippen LogP contribution is 2.30. The average molecular weight is 499 g/mol. The van der Waals surface area contributed by atoms with Crippen molar-refractivity contribution in [3.05, 3.63) is 101 Å². The summed E-state index contributed by atoms with van der Waals surface area (Å²) in [6.07, 6.45) is 1.47. The van der Waals surface area contributed by atoms with Gasteiger partial charge < -0.3 is 11.5 Å². The monoisotopic (exact) mass is 498 g/mol. The second-order valence-electron chi connectivity index (χ2n) is 8.09. The molecule has 0 fully saturated rings. The van der Waals surface area contributed by atoms with E-state index < -0.39 is 10.0 Å². The summed E-state index contributed by atoms with van der Waals surface area (Å²) in [5.74, 6) is -0.0545. The summed E-state index contributed by atoms with van der Waals surface area (Å²) in [6.45, 7) is 0. The molecule has 0 saturated carbocycles. The number of rotatable bonds is 5. The lowest BCUT2D eigenvalue weighted by Gasteiger charge is -2.20. The van der Waals surface area contributed by atoms with Crippen molar-refractivity contribution in [2.24, 2.45) is 0 Å². The topological polar surface area (TPSA) is 137 Å². The molecule has 0 aliphatic rings. The van der Waals surface area contributed by atoms with Crippen LogP contribution in [-0.2, 0) is 10.0 Å². The van der Waals surface area contributed by atoms with Gasteiger partial charge in [-0.2, -0.15) is 0 Å². The number of sulfonamides is 1. The van der Waals surface area contributed by atoms with Crippen LogP contribution in [0.1, 0.15) is 0 Å². The smallest absolute Gasteiger partial charge is 0.267 e. The highest BCUT2D eigenvalue weighted by Gasteiger charge is 2.25. The molecule has 9 nitrogen and oxygen atoms in total. The van der Waals surface area contributed by atoms with E-state index in [0.29, 0.717) is 33.4 Å². The van der Waals surface area contributed by atoms with Crippen molar-refractivity contribution in [3.63, 3.8) is 0 Å². The van der Waals surface area contributed by atoms with Gasteiger partial charge in [0.1, 0.15) is 10.7 Å². The summed E-state index contributed by atoms with van der Waals surface area (Å²) in [7, 11) is -2.55. The summed E-state index contributed by atoms with van der Waals surface area (Å²) in [4.78, 5) is 21.7. The van der Waals surface area contributed by atoms with Gasteiger partial charge in [-0.25, -0.2) is 23.0 Å². The molecule has 0 amide bonds. The Morgan fingerprint density at radius 2 is 1.53 bits per heavy atom. The zero-order chi connectivity index (χ0) is 25.4. The molecule has 4 N–H and O–H groups in total. The van der Waals surface area contributed by atoms with Crippen LogP contribution >= 0.6 is 0 Å². The van der Waals surface area contributed by atoms with Crippen LogP contribution < -0.4 is 21.3 Å². The van der Waals surface area contributed by atoms with Gasteiger partial charge in [-0.1, -0.05) is 42.5 Å². The molecule has 0 spiro atoms. The largest absolute Gasteiger partial charge is 0.383 e. The van der Waals surface area contributed by atoms with E-state index in [2.05, 4.69) is 9.97 Å². The molecule has 5 rings (SSSR count). The van der Waals surface area contributed by atoms with Gasteiger partial charge in [0.05, 0.1) is 22.3 Å². The van der Waals surface area contributed by atoms with Gasteiger partial charge in [-0.05, 0) is 48.0 Å². The Morgan fingerprint density at radius 3 is 2.22 bits per heavy atom. The van der Waals surface area contributed by atoms with Crippen LogP contribution in [0.15, 0.2) is 101 Å². The maximum atomic E-state index is 13.4. The maximum absolute atomic E-state index is 13.4. The summed E-state index contributed by atoms with van der Waals surface area (Å²) < 4.78 is 29.2. The number of benzene rings is 3. The van der Waals surface area contributed by atoms with E-state index in [1.54, 1.807) is 72.8 Å². The number of fused-ring (bicyclic) bond motifs is 1. The number of hydrogen-bond acceptors (Lipinski definition) is 7. The number of nitrogens with zero attached hydrogens (tertiary/aromatic N) is 4. The van der Waals surface area contributed by atoms with Crippen molar-refractivity contribution in [1.29, 1.82) is 0 Å². The van der Waals surface area contributed by atoms with Crippen LogP contribution in [0.25, 0.3) is 27.7 Å². The first-order valence-electron chi connectivity index (χ1n) is 10.9. The number of nitrogen functional groups attached to an aromatic ring is 2. The summed E-state index contributed by atoms with van der Waals surface area (Å²) >= 11 is 0. The minimum atomic E-state index is -4.00. The van der Waals surface area contributed by atoms with Gasteiger partial charge in [-0.3, -0.25) is 9.10 Å². The van der Waals surface area contributed by atoms with Crippen LogP contribution in [0.4, 0.5) is 17.5 Å². The van der Waals surface area contributed by atoms with Crippen molar-refractivity contribution in [1.82, 2.24) is 14.5 Å². The molecule has 0 aliphatic heterocycles. The minimum absolute atomic E-state index is 0.0675. The van der Waals surface area contributed by atoms with Crippen molar-refractivity contribution in [2.75, 3.05) is 22.8 Å². The van der Waals surface area contributed by atoms with E-state index in [0.717, 1.165) is 4.31 Å². The van der Waals surface area contributed by atoms with Gasteiger partial charge in [0.25, 0.3) is 15.6 Å². The third-order valence-electron chi connectivity index (χ3n) is 5.88. The Bertz CT molecular complexity index is 1750. The fraction of sp³-hybridized carbons (Fsp3) is 0.0385. The van der Waals surface area contributed by atoms with Gasteiger partial charge in [0.2, 0.25) is 5.95 Å². The number of pyridine rings is 1. The molecular weight excluding hydrogens is 476 g/mol. The van der Waals surface area contributed by atoms with E-state index in [-0.39, 0.29) is 22.2 Å². The second-order valence-corrected chi connectivity index (χ2v) is 10.0. The van der Waals surface area contributed by atoms with Crippen LogP contribution in [-0.4, -0.2) is 30.0 Å². The highest BCUT2D eigenvalue weighted by molar-refractivity contribution is 7.93. The summed E-state index contributed by atoms with van der Waals surface area (Å²) in [5, 5.41) is 0.327. The summed E-state index contributed by atoms with van der Waals surface area (Å²) in [5.41, 5.74) is 14.3. The fourth-order valence-electron chi connectivity index (χ4n) is 3.95. The highest BCUT2D eigenvalue weighted by atomic mass is 32.2. The normalized spacial score (nSPS) is 11.5. The molecule has 3 aromatic carbocycles. The third-order valence-corrected chi connectivity index (χ3v) is 7.70. The molecular formula is C26H22N6O3S. The zero-order valence-electron chi connectivity index (χ0n) is 19.2. The van der Waals surface area contributed by atoms with Gasteiger partial charge >= 0.3 is 0 Å². The number of anilines is 3. The fourth-order valence-corrected chi connectivity index (χ4v) is 5.24. The molecule has 180 valence electrons. The molecule has 0 atom stereocenters. The Hall–Kier alpha value is -4.70. The van der Waals surface area contributed by atoms with Crippen LogP contribution in [0, 0.1) is 0 Å². The molecule has 0 unspecified atom stereocenters. The minimum Gasteiger partial charge on any atom is -0.383 e. The quantitative estimate of drug-likeness (QED) is 0.379. The number of aromatic nitrogens is 3. The standard InChI is InChI=1S/C26H22N6O3S/c1-31(19-8-4-2-5-9-19)36(34,35)23-15-18(16-29-24(23)27)17-12-13-22-21(14-17)25(33)32(26(28)30-22)20-10-6-3-7-11-20/h2-16H,1H3,(H2,27,29)(H2,28,30). The molecule has 0 saturated heterocycles. The SMILES string of the molecule is CN(c1ccccc1)S(=O)(=O)c1cc(-c2ccc3nc(N)n(-c4ccccc4)c(=O)c3c2)cnc1N. The lowest BCUT2D eigenvalue weighted by molar-refractivity contribution is 0.594. The van der Waals surface area contributed by atoms with E-state index in [1.807, 2.05) is 6.07 Å². The number of hydrogen-bond donors (Lipinski definition) is 2. The third kappa shape index (κ3) is 3.93. The predicted molar refractivity (Wildman–Crippen MR) is 141 cm³/mol. The summed E-state index contributed by atoms with van der Waals surface area (Å²) in [6, 6.07) is 24.1. The molecule has 0 aliphatic carbocycles. The zero-order valence-corrected chi connectivity index (χ0v) is 20.1. The van der Waals surface area contributed by atoms with E-state index in [4.69, 9.17) is 11.5 Å². The number of nitrogens with two attached hydrogens (primary N) is 2. The molecule has 10 heteroatoms. The molecule has 5 aromatic rings. The Morgan fingerprint density at radius 1 is 0.861 bits per heavy atom. The Labute approximate surface area is 207 Å². The lowest BCUT2D eigenvalue weighted by atomic mass is 10.1. The van der Waals surface area contributed by atoms with Crippen molar-refractivity contribution in [2.45, 2.75) is 4.90 Å². The van der Waals surface area contributed by atoms with Gasteiger partial charge in [-0.15, -0.1) is 0 Å². The molecule has 2 aromatic heterocycles. The Kier molecular flexibility index (Phi) is 5.65. The van der Waals surface area contributed by atoms with Crippen LogP contribution in [0.2, 0.25) is 0 Å². The first kappa shape index (κ1) is 23.1. The van der Waals surface area contributed by atoms with Crippen molar-refractivity contribution in [3.8, 4) is 16.8 Å². The van der Waals surface area contributed by atoms with Gasteiger partial charge in [0, 0.05) is 18.8 Å². The molecule has 2 heterocycles. The molecule has 0 radical (unpaired) electrons. The van der Waals surface area contributed by atoms with E-state index in [1.165, 1.54) is 23.9 Å². The van der Waals surface area contributed by atoms with Crippen LogP contribution in [0.3, 0.4) is 0 Å². The van der Waals surface area contributed by atoms with Gasteiger partial charge in [0.15, 0.2) is 0 Å². The van der Waals surface area contributed by atoms with E-state index >= 15 is 0 Å². The first-order chi connectivity index (χ1) is 17.3. The van der Waals surface area contributed by atoms with Crippen molar-refractivity contribution < 1.29 is 8.42 Å². The lowest BCUT2D eigenvalue weighted by Crippen LogP contribution is -2.27. The first-order valence-corrected chi connectivity index (χ1v) is 12.4. The second kappa shape index (κ2) is 8.82. The van der Waals surface area contributed by atoms with Crippen LogP contribution in [0.5, 0.6) is 0 Å². The molecule has 0 bridgehead atoms. The maximum Gasteiger partial charge on any atom is 0.267 e. The molecule has 36 heavy (non-hydrogen) atoms. The van der Waals surface area contributed by atoms with Crippen molar-refractivity contribution >= 4 is 38.4 Å². The van der Waals surface area contributed by atoms with E-state index in [9.17, 15) is 13.2 Å². The average Bonchev–Trinajstić information content (AvgIpc) is 2.89. The predicted octanol–water partition coefficient (Wildman–Crippen LogP) is 3.44. The Balaban J connectivity index is 1.63. The number of para-hydroxylation sites is 2.